The Labute approximate surface area is 224 Å². The summed E-state index contributed by atoms with van der Waals surface area (Å²) in [7, 11) is 5.41. The van der Waals surface area contributed by atoms with Crippen molar-refractivity contribution in [3.63, 3.8) is 0 Å². The summed E-state index contributed by atoms with van der Waals surface area (Å²) < 4.78 is 33.7. The van der Waals surface area contributed by atoms with Crippen LogP contribution in [0.1, 0.15) is 18.9 Å². The van der Waals surface area contributed by atoms with Crippen molar-refractivity contribution in [2.45, 2.75) is 25.5 Å². The Hall–Kier alpha value is -4.32. The lowest BCUT2D eigenvalue weighted by Crippen LogP contribution is -2.29. The van der Waals surface area contributed by atoms with Crippen LogP contribution in [0.15, 0.2) is 54.9 Å². The highest BCUT2D eigenvalue weighted by molar-refractivity contribution is 5.95. The van der Waals surface area contributed by atoms with E-state index in [2.05, 4.69) is 32.1 Å². The normalized spacial score (nSPS) is 13.3. The van der Waals surface area contributed by atoms with Crippen molar-refractivity contribution in [1.82, 2.24) is 19.4 Å². The van der Waals surface area contributed by atoms with Crippen LogP contribution in [0, 0.1) is 10.1 Å². The number of halogens is 2. The van der Waals surface area contributed by atoms with Gasteiger partial charge in [-0.05, 0) is 39.1 Å². The maximum Gasteiger partial charge on any atom is 0.387 e. The van der Waals surface area contributed by atoms with Crippen LogP contribution in [-0.4, -0.2) is 65.2 Å². The van der Waals surface area contributed by atoms with Gasteiger partial charge in [-0.25, -0.2) is 9.97 Å². The third-order valence-corrected chi connectivity index (χ3v) is 6.64. The molecule has 12 heteroatoms. The van der Waals surface area contributed by atoms with Gasteiger partial charge in [0.1, 0.15) is 5.69 Å². The molecule has 0 bridgehead atoms. The molecule has 4 aromatic rings. The first-order chi connectivity index (χ1) is 18.7. The molecule has 2 aromatic carbocycles. The number of hydrogen-bond acceptors (Lipinski definition) is 8. The quantitative estimate of drug-likeness (QED) is 0.193. The summed E-state index contributed by atoms with van der Waals surface area (Å²) in [5.74, 6) is -0.153. The molecule has 1 aliphatic rings. The third kappa shape index (κ3) is 5.75. The molecular formula is C27H29F2N7O3. The predicted octanol–water partition coefficient (Wildman–Crippen LogP) is 5.68. The molecule has 2 heterocycles. The molecule has 204 valence electrons. The Bertz CT molecular complexity index is 1500. The Morgan fingerprint density at radius 2 is 1.95 bits per heavy atom. The van der Waals surface area contributed by atoms with Gasteiger partial charge in [-0.3, -0.25) is 10.1 Å². The van der Waals surface area contributed by atoms with Crippen molar-refractivity contribution >= 4 is 33.9 Å². The average molecular weight is 538 g/mol. The SMILES string of the molecule is CN(C)CCN(C)c1cc(OC(F)F)c(Nc2nccc(-c3cn(C4CC4)c4ccccc34)n2)cc1[N+](=O)[O-]. The minimum atomic E-state index is -3.13. The molecule has 0 amide bonds. The number of aromatic nitrogens is 3. The lowest BCUT2D eigenvalue weighted by molar-refractivity contribution is -0.384. The number of nitro groups is 1. The summed E-state index contributed by atoms with van der Waals surface area (Å²) >= 11 is 0. The Morgan fingerprint density at radius 1 is 1.18 bits per heavy atom. The van der Waals surface area contributed by atoms with E-state index in [1.807, 2.05) is 37.2 Å². The maximum absolute atomic E-state index is 13.4. The van der Waals surface area contributed by atoms with E-state index in [0.29, 0.717) is 24.8 Å². The number of alkyl halides is 2. The van der Waals surface area contributed by atoms with E-state index in [1.54, 1.807) is 24.2 Å². The van der Waals surface area contributed by atoms with E-state index in [1.165, 1.54) is 12.1 Å². The lowest BCUT2D eigenvalue weighted by atomic mass is 10.1. The average Bonchev–Trinajstić information content (AvgIpc) is 3.67. The molecule has 0 radical (unpaired) electrons. The number of nitro benzene ring substituents is 1. The van der Waals surface area contributed by atoms with E-state index in [9.17, 15) is 18.9 Å². The first-order valence-electron chi connectivity index (χ1n) is 12.5. The van der Waals surface area contributed by atoms with Gasteiger partial charge in [-0.1, -0.05) is 18.2 Å². The summed E-state index contributed by atoms with van der Waals surface area (Å²) in [5.41, 5.74) is 2.52. The van der Waals surface area contributed by atoms with Crippen LogP contribution < -0.4 is 15.0 Å². The largest absolute Gasteiger partial charge is 0.433 e. The van der Waals surface area contributed by atoms with Crippen LogP contribution >= 0.6 is 0 Å². The molecule has 1 aliphatic carbocycles. The smallest absolute Gasteiger partial charge is 0.387 e. The van der Waals surface area contributed by atoms with E-state index in [4.69, 9.17) is 4.74 Å². The van der Waals surface area contributed by atoms with Gasteiger partial charge < -0.3 is 24.4 Å². The summed E-state index contributed by atoms with van der Waals surface area (Å²) in [6.45, 7) is -2.09. The van der Waals surface area contributed by atoms with Gasteiger partial charge in [-0.15, -0.1) is 0 Å². The molecule has 39 heavy (non-hydrogen) atoms. The van der Waals surface area contributed by atoms with Crippen LogP contribution in [0.5, 0.6) is 5.75 Å². The number of nitrogens with one attached hydrogen (secondary N) is 1. The van der Waals surface area contributed by atoms with Crippen molar-refractivity contribution in [3.8, 4) is 17.0 Å². The van der Waals surface area contributed by atoms with E-state index >= 15 is 0 Å². The Kier molecular flexibility index (Phi) is 7.29. The zero-order valence-electron chi connectivity index (χ0n) is 21.8. The van der Waals surface area contributed by atoms with Crippen molar-refractivity contribution in [2.24, 2.45) is 0 Å². The van der Waals surface area contributed by atoms with Gasteiger partial charge in [-0.2, -0.15) is 8.78 Å². The molecule has 0 unspecified atom stereocenters. The van der Waals surface area contributed by atoms with E-state index < -0.39 is 11.5 Å². The number of hydrogen-bond donors (Lipinski definition) is 1. The molecule has 1 saturated carbocycles. The number of likely N-dealkylation sites (N-methyl/N-ethyl adjacent to an activating group) is 2. The number of benzene rings is 2. The van der Waals surface area contributed by atoms with Gasteiger partial charge in [0.15, 0.2) is 5.75 Å². The summed E-state index contributed by atoms with van der Waals surface area (Å²) in [4.78, 5) is 23.8. The highest BCUT2D eigenvalue weighted by atomic mass is 19.3. The van der Waals surface area contributed by atoms with Gasteiger partial charge in [0, 0.05) is 67.2 Å². The zero-order valence-corrected chi connectivity index (χ0v) is 21.8. The molecule has 1 N–H and O–H groups in total. The number of nitrogens with zero attached hydrogens (tertiary/aromatic N) is 6. The second-order valence-electron chi connectivity index (χ2n) is 9.79. The maximum atomic E-state index is 13.4. The number of rotatable bonds is 11. The van der Waals surface area contributed by atoms with Crippen LogP contribution in [-0.2, 0) is 0 Å². The highest BCUT2D eigenvalue weighted by Gasteiger charge is 2.27. The second kappa shape index (κ2) is 10.8. The summed E-state index contributed by atoms with van der Waals surface area (Å²) in [5, 5.41) is 15.9. The fourth-order valence-corrected chi connectivity index (χ4v) is 4.52. The van der Waals surface area contributed by atoms with Crippen molar-refractivity contribution in [3.05, 3.63) is 65.0 Å². The van der Waals surface area contributed by atoms with Gasteiger partial charge in [0.05, 0.1) is 16.3 Å². The summed E-state index contributed by atoms with van der Waals surface area (Å²) in [6.07, 6.45) is 5.88. The topological polar surface area (TPSA) is 102 Å². The fourth-order valence-electron chi connectivity index (χ4n) is 4.52. The fraction of sp³-hybridized carbons (Fsp3) is 0.333. The Balaban J connectivity index is 1.52. The van der Waals surface area contributed by atoms with Crippen LogP contribution in [0.3, 0.4) is 0 Å². The molecule has 1 fully saturated rings. The number of para-hydroxylation sites is 1. The minimum absolute atomic E-state index is 0.0377. The molecule has 0 spiro atoms. The van der Waals surface area contributed by atoms with Crippen molar-refractivity contribution in [2.75, 3.05) is 44.4 Å². The van der Waals surface area contributed by atoms with Gasteiger partial charge >= 0.3 is 6.61 Å². The number of ether oxygens (including phenoxy) is 1. The predicted molar refractivity (Wildman–Crippen MR) is 146 cm³/mol. The molecule has 0 aliphatic heterocycles. The molecule has 5 rings (SSSR count). The molecule has 10 nitrogen and oxygen atoms in total. The number of anilines is 3. The standard InChI is InChI=1S/C27H29F2N7O3/c1-33(2)12-13-34(3)23-15-25(39-26(28)29)21(14-24(23)36(37)38)32-27-30-11-10-20(31-27)19-16-35(17-8-9-17)22-7-5-4-6-18(19)22/h4-7,10-11,14-17,26H,8-9,12-13H2,1-3H3,(H,30,31,32). The monoisotopic (exact) mass is 537 g/mol. The molecule has 2 aromatic heterocycles. The van der Waals surface area contributed by atoms with Gasteiger partial charge in [0.2, 0.25) is 5.95 Å². The first-order valence-corrected chi connectivity index (χ1v) is 12.5. The highest BCUT2D eigenvalue weighted by Crippen LogP contribution is 2.42. The first kappa shape index (κ1) is 26.3. The number of fused-ring (bicyclic) bond motifs is 1. The van der Waals surface area contributed by atoms with Crippen molar-refractivity contribution in [1.29, 1.82) is 0 Å². The minimum Gasteiger partial charge on any atom is -0.433 e. The zero-order chi connectivity index (χ0) is 27.7. The molecule has 0 atom stereocenters. The molecular weight excluding hydrogens is 508 g/mol. The Morgan fingerprint density at radius 3 is 2.64 bits per heavy atom. The van der Waals surface area contributed by atoms with Crippen LogP contribution in [0.25, 0.3) is 22.2 Å². The van der Waals surface area contributed by atoms with Crippen molar-refractivity contribution < 1.29 is 18.4 Å². The van der Waals surface area contributed by atoms with E-state index in [-0.39, 0.29) is 28.8 Å². The molecule has 0 saturated heterocycles. The second-order valence-corrected chi connectivity index (χ2v) is 9.79. The third-order valence-electron chi connectivity index (χ3n) is 6.64. The van der Waals surface area contributed by atoms with Crippen LogP contribution in [0.2, 0.25) is 0 Å². The lowest BCUT2D eigenvalue weighted by Gasteiger charge is -2.23. The summed E-state index contributed by atoms with van der Waals surface area (Å²) in [6, 6.07) is 12.7. The van der Waals surface area contributed by atoms with E-state index in [0.717, 1.165) is 29.3 Å². The van der Waals surface area contributed by atoms with Gasteiger partial charge in [0.25, 0.3) is 5.69 Å². The van der Waals surface area contributed by atoms with Crippen LogP contribution in [0.4, 0.5) is 31.8 Å².